The molecule has 2 aromatic heterocycles. The van der Waals surface area contributed by atoms with Crippen LogP contribution in [0.25, 0.3) is 11.1 Å². The van der Waals surface area contributed by atoms with Crippen molar-refractivity contribution in [2.45, 2.75) is 37.8 Å². The number of carbonyl (C=O) groups is 1. The minimum atomic E-state index is -0.794. The first-order valence-corrected chi connectivity index (χ1v) is 11.9. The number of halogens is 1. The average Bonchev–Trinajstić information content (AvgIpc) is 2.88. The van der Waals surface area contributed by atoms with Gasteiger partial charge >= 0.3 is 0 Å². The summed E-state index contributed by atoms with van der Waals surface area (Å²) in [6.45, 7) is 0.974. The van der Waals surface area contributed by atoms with Crippen molar-refractivity contribution in [2.75, 3.05) is 31.0 Å². The molecule has 2 heterocycles. The number of rotatable bonds is 10. The third-order valence-corrected chi connectivity index (χ3v) is 6.13. The van der Waals surface area contributed by atoms with Crippen molar-refractivity contribution in [3.8, 4) is 16.9 Å². The minimum absolute atomic E-state index is 0.0259. The summed E-state index contributed by atoms with van der Waals surface area (Å²) in [6.07, 6.45) is 7.06. The van der Waals surface area contributed by atoms with Gasteiger partial charge in [0.2, 0.25) is 0 Å². The van der Waals surface area contributed by atoms with Crippen molar-refractivity contribution in [3.05, 3.63) is 60.2 Å². The van der Waals surface area contributed by atoms with Crippen LogP contribution < -0.4 is 26.8 Å². The molecule has 1 amide bonds. The third kappa shape index (κ3) is 6.27. The first-order chi connectivity index (χ1) is 17.4. The number of ether oxygens (including phenoxy) is 2. The maximum atomic E-state index is 14.8. The van der Waals surface area contributed by atoms with Crippen LogP contribution in [0, 0.1) is 5.82 Å². The topological polar surface area (TPSA) is 137 Å². The number of anilines is 3. The third-order valence-electron chi connectivity index (χ3n) is 6.13. The van der Waals surface area contributed by atoms with Gasteiger partial charge in [-0.25, -0.2) is 9.37 Å². The Kier molecular flexibility index (Phi) is 8.29. The molecular formula is C26H31FN6O3. The highest BCUT2D eigenvalue weighted by molar-refractivity contribution is 5.98. The molecule has 36 heavy (non-hydrogen) atoms. The molecule has 0 spiro atoms. The Morgan fingerprint density at radius 3 is 2.58 bits per heavy atom. The first-order valence-electron chi connectivity index (χ1n) is 11.9. The fourth-order valence-electron chi connectivity index (χ4n) is 4.18. The van der Waals surface area contributed by atoms with Gasteiger partial charge in [0.15, 0.2) is 11.6 Å². The zero-order chi connectivity index (χ0) is 25.5. The van der Waals surface area contributed by atoms with E-state index >= 15 is 0 Å². The molecule has 1 saturated carbocycles. The quantitative estimate of drug-likeness (QED) is 0.312. The molecule has 190 valence electrons. The Morgan fingerprint density at radius 2 is 1.86 bits per heavy atom. The van der Waals surface area contributed by atoms with Crippen molar-refractivity contribution < 1.29 is 18.7 Å². The molecule has 10 heteroatoms. The summed E-state index contributed by atoms with van der Waals surface area (Å²) in [7, 11) is 1.62. The van der Waals surface area contributed by atoms with Crippen molar-refractivity contribution in [3.63, 3.8) is 0 Å². The molecule has 4 rings (SSSR count). The molecule has 0 radical (unpaired) electrons. The highest BCUT2D eigenvalue weighted by Gasteiger charge is 2.24. The number of nitrogens with two attached hydrogens (primary N) is 2. The summed E-state index contributed by atoms with van der Waals surface area (Å²) >= 11 is 0. The number of aromatic nitrogens is 2. The summed E-state index contributed by atoms with van der Waals surface area (Å²) in [5.74, 6) is -0.559. The van der Waals surface area contributed by atoms with Gasteiger partial charge in [0, 0.05) is 31.0 Å². The van der Waals surface area contributed by atoms with E-state index in [2.05, 4.69) is 20.6 Å². The lowest BCUT2D eigenvalue weighted by atomic mass is 9.91. The van der Waals surface area contributed by atoms with Crippen LogP contribution in [0.5, 0.6) is 5.75 Å². The highest BCUT2D eigenvalue weighted by atomic mass is 19.1. The van der Waals surface area contributed by atoms with Crippen molar-refractivity contribution >= 4 is 23.2 Å². The predicted molar refractivity (Wildman–Crippen MR) is 137 cm³/mol. The largest absolute Gasteiger partial charge is 0.491 e. The Balaban J connectivity index is 1.55. The first kappa shape index (κ1) is 25.3. The predicted octanol–water partition coefficient (Wildman–Crippen LogP) is 3.83. The number of amides is 1. The summed E-state index contributed by atoms with van der Waals surface area (Å²) in [6, 6.07) is 10.3. The fraction of sp³-hybridized carbons (Fsp3) is 0.346. The van der Waals surface area contributed by atoms with Crippen LogP contribution >= 0.6 is 0 Å². The van der Waals surface area contributed by atoms with E-state index in [0.29, 0.717) is 18.9 Å². The zero-order valence-electron chi connectivity index (χ0n) is 20.2. The lowest BCUT2D eigenvalue weighted by molar-refractivity contribution is 0.100. The molecule has 3 aromatic rings. The van der Waals surface area contributed by atoms with Gasteiger partial charge in [-0.15, -0.1) is 0 Å². The van der Waals surface area contributed by atoms with Gasteiger partial charge in [-0.05, 0) is 42.7 Å². The standard InChI is InChI=1S/C26H31FN6O3/c1-35-10-11-36-19-8-6-16(7-9-19)17-12-18(15-30-14-17)31-25-20(24(29)34)13-21(27)26(33-25)32-23-5-3-2-4-22(23)28/h6-9,12-15,22-23H,2-5,10-11,28H2,1H3,(H2,29,34)(H2,31,32,33)/t22?,23-/m1/s1. The molecule has 1 unspecified atom stereocenters. The monoisotopic (exact) mass is 494 g/mol. The van der Waals surface area contributed by atoms with E-state index < -0.39 is 11.7 Å². The lowest BCUT2D eigenvalue weighted by Gasteiger charge is -2.30. The number of hydrogen-bond donors (Lipinski definition) is 4. The van der Waals surface area contributed by atoms with E-state index in [1.807, 2.05) is 30.3 Å². The summed E-state index contributed by atoms with van der Waals surface area (Å²) in [5, 5.41) is 6.19. The number of nitrogens with one attached hydrogen (secondary N) is 2. The van der Waals surface area contributed by atoms with Gasteiger partial charge in [0.05, 0.1) is 24.1 Å². The minimum Gasteiger partial charge on any atom is -0.491 e. The van der Waals surface area contributed by atoms with Crippen molar-refractivity contribution in [2.24, 2.45) is 11.5 Å². The van der Waals surface area contributed by atoms with Crippen LogP contribution in [0.4, 0.5) is 21.7 Å². The number of carbonyl (C=O) groups excluding carboxylic acids is 1. The zero-order valence-corrected chi connectivity index (χ0v) is 20.2. The van der Waals surface area contributed by atoms with Gasteiger partial charge < -0.3 is 31.6 Å². The maximum Gasteiger partial charge on any atom is 0.252 e. The van der Waals surface area contributed by atoms with Crippen LogP contribution in [0.15, 0.2) is 48.8 Å². The SMILES string of the molecule is COCCOc1ccc(-c2cncc(Nc3nc(N[C@@H]4CCCCC4N)c(F)cc3C(N)=O)c2)cc1. The Labute approximate surface area is 209 Å². The number of primary amides is 1. The highest BCUT2D eigenvalue weighted by Crippen LogP contribution is 2.29. The number of methoxy groups -OCH3 is 1. The molecule has 0 bridgehead atoms. The number of hydrogen-bond acceptors (Lipinski definition) is 8. The molecule has 2 atom stereocenters. The molecule has 1 fully saturated rings. The molecule has 9 nitrogen and oxygen atoms in total. The molecule has 1 aliphatic rings. The van der Waals surface area contributed by atoms with Crippen LogP contribution in [0.2, 0.25) is 0 Å². The number of nitrogens with zero attached hydrogens (tertiary/aromatic N) is 2. The van der Waals surface area contributed by atoms with Gasteiger partial charge in [0.25, 0.3) is 5.91 Å². The second kappa shape index (κ2) is 11.8. The van der Waals surface area contributed by atoms with E-state index in [0.717, 1.165) is 48.6 Å². The van der Waals surface area contributed by atoms with Crippen molar-refractivity contribution in [1.82, 2.24) is 9.97 Å². The van der Waals surface area contributed by atoms with E-state index in [1.54, 1.807) is 19.5 Å². The van der Waals surface area contributed by atoms with E-state index in [-0.39, 0.29) is 29.3 Å². The number of benzene rings is 1. The molecule has 1 aliphatic carbocycles. The summed E-state index contributed by atoms with van der Waals surface area (Å²) in [5.41, 5.74) is 14.0. The van der Waals surface area contributed by atoms with E-state index in [9.17, 15) is 9.18 Å². The molecular weight excluding hydrogens is 463 g/mol. The Bertz CT molecular complexity index is 1190. The van der Waals surface area contributed by atoms with Gasteiger partial charge in [-0.1, -0.05) is 25.0 Å². The fourth-order valence-corrected chi connectivity index (χ4v) is 4.18. The Hall–Kier alpha value is -3.76. The van der Waals surface area contributed by atoms with Crippen LogP contribution in [0.3, 0.4) is 0 Å². The molecule has 0 aliphatic heterocycles. The molecule has 6 N–H and O–H groups in total. The number of pyridine rings is 2. The average molecular weight is 495 g/mol. The van der Waals surface area contributed by atoms with Crippen LogP contribution in [0.1, 0.15) is 36.0 Å². The summed E-state index contributed by atoms with van der Waals surface area (Å²) in [4.78, 5) is 20.7. The summed E-state index contributed by atoms with van der Waals surface area (Å²) < 4.78 is 25.4. The van der Waals surface area contributed by atoms with Crippen LogP contribution in [-0.4, -0.2) is 48.3 Å². The normalized spacial score (nSPS) is 17.4. The lowest BCUT2D eigenvalue weighted by Crippen LogP contribution is -2.43. The van der Waals surface area contributed by atoms with E-state index in [4.69, 9.17) is 20.9 Å². The second-order valence-corrected chi connectivity index (χ2v) is 8.73. The van der Waals surface area contributed by atoms with Crippen LogP contribution in [-0.2, 0) is 4.74 Å². The maximum absolute atomic E-state index is 14.8. The molecule has 0 saturated heterocycles. The van der Waals surface area contributed by atoms with Gasteiger partial charge in [-0.3, -0.25) is 9.78 Å². The van der Waals surface area contributed by atoms with Crippen molar-refractivity contribution in [1.29, 1.82) is 0 Å². The van der Waals surface area contributed by atoms with E-state index in [1.165, 1.54) is 0 Å². The second-order valence-electron chi connectivity index (χ2n) is 8.73. The Morgan fingerprint density at radius 1 is 1.08 bits per heavy atom. The smallest absolute Gasteiger partial charge is 0.252 e. The van der Waals surface area contributed by atoms with Gasteiger partial charge in [-0.2, -0.15) is 0 Å². The molecule has 1 aromatic carbocycles. The van der Waals surface area contributed by atoms with Gasteiger partial charge in [0.1, 0.15) is 18.2 Å².